The topological polar surface area (TPSA) is 33.2 Å². The maximum absolute atomic E-state index is 11.8. The highest BCUT2D eigenvalue weighted by Crippen LogP contribution is 2.08. The first-order chi connectivity index (χ1) is 7.00. The van der Waals surface area contributed by atoms with Crippen molar-refractivity contribution in [3.63, 3.8) is 0 Å². The van der Waals surface area contributed by atoms with Crippen molar-refractivity contribution in [1.82, 2.24) is 9.88 Å². The number of amides is 1. The SMILES string of the molecule is C=C(C)CN(C)C(=O)c1cccc(Br)n1. The zero-order valence-electron chi connectivity index (χ0n) is 8.83. The van der Waals surface area contributed by atoms with Crippen molar-refractivity contribution in [2.75, 3.05) is 13.6 Å². The summed E-state index contributed by atoms with van der Waals surface area (Å²) >= 11 is 3.23. The van der Waals surface area contributed by atoms with Crippen molar-refractivity contribution in [1.29, 1.82) is 0 Å². The van der Waals surface area contributed by atoms with Gasteiger partial charge in [0.1, 0.15) is 10.3 Å². The summed E-state index contributed by atoms with van der Waals surface area (Å²) in [6.45, 7) is 6.20. The zero-order valence-corrected chi connectivity index (χ0v) is 10.4. The van der Waals surface area contributed by atoms with Crippen LogP contribution in [0.4, 0.5) is 0 Å². The molecule has 1 aromatic rings. The highest BCUT2D eigenvalue weighted by Gasteiger charge is 2.12. The number of likely N-dealkylation sites (N-methyl/N-ethyl adjacent to an activating group) is 1. The van der Waals surface area contributed by atoms with E-state index in [4.69, 9.17) is 0 Å². The Labute approximate surface area is 97.9 Å². The van der Waals surface area contributed by atoms with Gasteiger partial charge in [-0.2, -0.15) is 0 Å². The van der Waals surface area contributed by atoms with Gasteiger partial charge in [0.2, 0.25) is 0 Å². The van der Waals surface area contributed by atoms with Crippen molar-refractivity contribution in [2.45, 2.75) is 6.92 Å². The van der Waals surface area contributed by atoms with Crippen LogP contribution >= 0.6 is 15.9 Å². The Morgan fingerprint density at radius 2 is 2.27 bits per heavy atom. The van der Waals surface area contributed by atoms with E-state index < -0.39 is 0 Å². The normalized spacial score (nSPS) is 9.80. The number of carbonyl (C=O) groups excluding carboxylic acids is 1. The summed E-state index contributed by atoms with van der Waals surface area (Å²) < 4.78 is 0.664. The van der Waals surface area contributed by atoms with E-state index in [1.54, 1.807) is 30.1 Å². The number of hydrogen-bond donors (Lipinski definition) is 0. The molecule has 3 nitrogen and oxygen atoms in total. The predicted molar refractivity (Wildman–Crippen MR) is 63.7 cm³/mol. The van der Waals surface area contributed by atoms with E-state index in [0.29, 0.717) is 16.8 Å². The van der Waals surface area contributed by atoms with Gasteiger partial charge in [-0.15, -0.1) is 0 Å². The zero-order chi connectivity index (χ0) is 11.4. The van der Waals surface area contributed by atoms with Gasteiger partial charge < -0.3 is 4.90 Å². The smallest absolute Gasteiger partial charge is 0.272 e. The molecule has 0 unspecified atom stereocenters. The second kappa shape index (κ2) is 5.07. The van der Waals surface area contributed by atoms with E-state index in [0.717, 1.165) is 5.57 Å². The van der Waals surface area contributed by atoms with Crippen molar-refractivity contribution < 1.29 is 4.79 Å². The van der Waals surface area contributed by atoms with Crippen LogP contribution in [0.5, 0.6) is 0 Å². The van der Waals surface area contributed by atoms with Crippen LogP contribution < -0.4 is 0 Å². The van der Waals surface area contributed by atoms with Gasteiger partial charge in [0.05, 0.1) is 0 Å². The molecule has 1 amide bonds. The summed E-state index contributed by atoms with van der Waals surface area (Å²) in [5.41, 5.74) is 1.38. The van der Waals surface area contributed by atoms with Crippen molar-refractivity contribution in [3.8, 4) is 0 Å². The molecule has 15 heavy (non-hydrogen) atoms. The molecule has 1 aromatic heterocycles. The molecule has 0 saturated carbocycles. The van der Waals surface area contributed by atoms with Gasteiger partial charge in [0.15, 0.2) is 0 Å². The Morgan fingerprint density at radius 1 is 1.60 bits per heavy atom. The van der Waals surface area contributed by atoms with Gasteiger partial charge in [-0.1, -0.05) is 18.2 Å². The summed E-state index contributed by atoms with van der Waals surface area (Å²) in [5, 5.41) is 0. The molecule has 1 rings (SSSR count). The molecule has 0 N–H and O–H groups in total. The molecule has 0 aliphatic heterocycles. The number of rotatable bonds is 3. The third-order valence-corrected chi connectivity index (χ3v) is 2.23. The van der Waals surface area contributed by atoms with Crippen LogP contribution in [0.3, 0.4) is 0 Å². The minimum atomic E-state index is -0.0979. The van der Waals surface area contributed by atoms with E-state index in [1.165, 1.54) is 0 Å². The molecule has 0 spiro atoms. The molecular formula is C11H13BrN2O. The molecule has 0 aliphatic carbocycles. The van der Waals surface area contributed by atoms with Crippen LogP contribution in [0, 0.1) is 0 Å². The lowest BCUT2D eigenvalue weighted by Crippen LogP contribution is -2.28. The van der Waals surface area contributed by atoms with Crippen LogP contribution in [0.15, 0.2) is 35.0 Å². The Morgan fingerprint density at radius 3 is 2.80 bits per heavy atom. The molecule has 4 heteroatoms. The van der Waals surface area contributed by atoms with E-state index >= 15 is 0 Å². The average molecular weight is 269 g/mol. The minimum Gasteiger partial charge on any atom is -0.336 e. The van der Waals surface area contributed by atoms with E-state index in [2.05, 4.69) is 27.5 Å². The highest BCUT2D eigenvalue weighted by molar-refractivity contribution is 9.10. The third-order valence-electron chi connectivity index (χ3n) is 1.79. The Balaban J connectivity index is 2.80. The van der Waals surface area contributed by atoms with Crippen molar-refractivity contribution >= 4 is 21.8 Å². The lowest BCUT2D eigenvalue weighted by molar-refractivity contribution is 0.0801. The van der Waals surface area contributed by atoms with Gasteiger partial charge in [-0.3, -0.25) is 4.79 Å². The van der Waals surface area contributed by atoms with Crippen LogP contribution in [0.25, 0.3) is 0 Å². The summed E-state index contributed by atoms with van der Waals surface area (Å²) in [7, 11) is 1.74. The summed E-state index contributed by atoms with van der Waals surface area (Å²) in [5.74, 6) is -0.0979. The standard InChI is InChI=1S/C11H13BrN2O/c1-8(2)7-14(3)11(15)9-5-4-6-10(12)13-9/h4-6H,1,7H2,2-3H3. The molecular weight excluding hydrogens is 256 g/mol. The van der Waals surface area contributed by atoms with Gasteiger partial charge >= 0.3 is 0 Å². The molecule has 1 heterocycles. The summed E-state index contributed by atoms with van der Waals surface area (Å²) in [4.78, 5) is 17.5. The maximum atomic E-state index is 11.8. The van der Waals surface area contributed by atoms with E-state index in [9.17, 15) is 4.79 Å². The Bertz CT molecular complexity index is 390. The number of aromatic nitrogens is 1. The molecule has 0 radical (unpaired) electrons. The first kappa shape index (κ1) is 11.9. The number of halogens is 1. The third kappa shape index (κ3) is 3.47. The lowest BCUT2D eigenvalue weighted by atomic mass is 10.3. The largest absolute Gasteiger partial charge is 0.336 e. The molecule has 0 fully saturated rings. The number of pyridine rings is 1. The second-order valence-corrected chi connectivity index (χ2v) is 4.28. The monoisotopic (exact) mass is 268 g/mol. The van der Waals surface area contributed by atoms with Gasteiger partial charge in [0.25, 0.3) is 5.91 Å². The van der Waals surface area contributed by atoms with Gasteiger partial charge in [-0.05, 0) is 35.0 Å². The quantitative estimate of drug-likeness (QED) is 0.624. The van der Waals surface area contributed by atoms with Crippen molar-refractivity contribution in [2.24, 2.45) is 0 Å². The van der Waals surface area contributed by atoms with Gasteiger partial charge in [-0.25, -0.2) is 4.98 Å². The van der Waals surface area contributed by atoms with E-state index in [1.807, 2.05) is 6.92 Å². The number of nitrogens with zero attached hydrogens (tertiary/aromatic N) is 2. The first-order valence-corrected chi connectivity index (χ1v) is 5.32. The van der Waals surface area contributed by atoms with Crippen LogP contribution in [0.2, 0.25) is 0 Å². The summed E-state index contributed by atoms with van der Waals surface area (Å²) in [6, 6.07) is 5.27. The van der Waals surface area contributed by atoms with Crippen LogP contribution in [0.1, 0.15) is 17.4 Å². The molecule has 0 saturated heterocycles. The predicted octanol–water partition coefficient (Wildman–Crippen LogP) is 2.49. The van der Waals surface area contributed by atoms with Crippen molar-refractivity contribution in [3.05, 3.63) is 40.6 Å². The maximum Gasteiger partial charge on any atom is 0.272 e. The average Bonchev–Trinajstić information content (AvgIpc) is 2.15. The van der Waals surface area contributed by atoms with E-state index in [-0.39, 0.29) is 5.91 Å². The second-order valence-electron chi connectivity index (χ2n) is 3.46. The Kier molecular flexibility index (Phi) is 4.03. The van der Waals surface area contributed by atoms with Crippen LogP contribution in [-0.4, -0.2) is 29.4 Å². The molecule has 80 valence electrons. The highest BCUT2D eigenvalue weighted by atomic mass is 79.9. The Hall–Kier alpha value is -1.16. The summed E-state index contributed by atoms with van der Waals surface area (Å²) in [6.07, 6.45) is 0. The number of hydrogen-bond acceptors (Lipinski definition) is 2. The molecule has 0 aromatic carbocycles. The number of carbonyl (C=O) groups is 1. The molecule has 0 bridgehead atoms. The lowest BCUT2D eigenvalue weighted by Gasteiger charge is -2.16. The fourth-order valence-corrected chi connectivity index (χ4v) is 1.54. The fourth-order valence-electron chi connectivity index (χ4n) is 1.20. The first-order valence-electron chi connectivity index (χ1n) is 4.53. The van der Waals surface area contributed by atoms with Crippen LogP contribution in [-0.2, 0) is 0 Å². The fraction of sp³-hybridized carbons (Fsp3) is 0.273. The minimum absolute atomic E-state index is 0.0979. The molecule has 0 atom stereocenters. The molecule has 0 aliphatic rings. The van der Waals surface area contributed by atoms with Gasteiger partial charge in [0, 0.05) is 13.6 Å².